The number of hydrogen-bond acceptors (Lipinski definition) is 5. The highest BCUT2D eigenvalue weighted by Crippen LogP contribution is 2.22. The van der Waals surface area contributed by atoms with Gasteiger partial charge in [0.15, 0.2) is 10.2 Å². The van der Waals surface area contributed by atoms with E-state index in [2.05, 4.69) is 15.1 Å². The van der Waals surface area contributed by atoms with Crippen LogP contribution in [0.5, 0.6) is 0 Å². The summed E-state index contributed by atoms with van der Waals surface area (Å²) in [6.45, 7) is 2.58. The second kappa shape index (κ2) is 6.07. The van der Waals surface area contributed by atoms with Crippen molar-refractivity contribution in [3.05, 3.63) is 33.2 Å². The van der Waals surface area contributed by atoms with Crippen LogP contribution >= 0.6 is 23.4 Å². The predicted molar refractivity (Wildman–Crippen MR) is 72.6 cm³/mol. The quantitative estimate of drug-likeness (QED) is 0.503. The summed E-state index contributed by atoms with van der Waals surface area (Å²) in [5, 5.41) is 15.3. The minimum absolute atomic E-state index is 0.0567. The summed E-state index contributed by atoms with van der Waals surface area (Å²) in [7, 11) is 0. The zero-order valence-electron chi connectivity index (χ0n) is 10.2. The molecule has 0 saturated carbocycles. The van der Waals surface area contributed by atoms with Crippen molar-refractivity contribution in [2.45, 2.75) is 25.0 Å². The van der Waals surface area contributed by atoms with E-state index in [-0.39, 0.29) is 10.8 Å². The Morgan fingerprint density at radius 3 is 3.00 bits per heavy atom. The summed E-state index contributed by atoms with van der Waals surface area (Å²) in [6.07, 6.45) is 4.17. The van der Waals surface area contributed by atoms with Gasteiger partial charge in [0.1, 0.15) is 0 Å². The molecule has 2 aromatic heterocycles. The number of aryl methyl sites for hydroxylation is 2. The van der Waals surface area contributed by atoms with Crippen LogP contribution in [0.4, 0.5) is 5.82 Å². The second-order valence-corrected chi connectivity index (χ2v) is 5.23. The largest absolute Gasteiger partial charge is 0.408 e. The lowest BCUT2D eigenvalue weighted by Crippen LogP contribution is -2.02. The summed E-state index contributed by atoms with van der Waals surface area (Å²) < 4.78 is 1.47. The van der Waals surface area contributed by atoms with E-state index in [4.69, 9.17) is 11.6 Å². The standard InChI is InChI=1S/C10H12ClN5O2S/c1-2-7-5-12-10(13-7)19-4-3-15-6-8(11)9(14-15)16(17)18/h5-6H,2-4H2,1H3,(H,12,13). The lowest BCUT2D eigenvalue weighted by atomic mass is 10.4. The molecule has 0 aliphatic heterocycles. The Kier molecular flexibility index (Phi) is 4.43. The minimum atomic E-state index is -0.591. The van der Waals surface area contributed by atoms with Crippen molar-refractivity contribution in [1.82, 2.24) is 19.7 Å². The number of rotatable bonds is 6. The molecule has 0 bridgehead atoms. The van der Waals surface area contributed by atoms with Crippen LogP contribution in [0.1, 0.15) is 12.6 Å². The molecule has 0 aliphatic carbocycles. The van der Waals surface area contributed by atoms with Crippen molar-refractivity contribution in [1.29, 1.82) is 0 Å². The molecule has 102 valence electrons. The third kappa shape index (κ3) is 3.48. The van der Waals surface area contributed by atoms with Gasteiger partial charge in [-0.3, -0.25) is 0 Å². The zero-order chi connectivity index (χ0) is 13.8. The van der Waals surface area contributed by atoms with Crippen molar-refractivity contribution in [3.63, 3.8) is 0 Å². The van der Waals surface area contributed by atoms with Crippen molar-refractivity contribution in [3.8, 4) is 0 Å². The van der Waals surface area contributed by atoms with Gasteiger partial charge < -0.3 is 15.1 Å². The van der Waals surface area contributed by atoms with E-state index in [1.807, 2.05) is 6.92 Å². The van der Waals surface area contributed by atoms with Gasteiger partial charge in [-0.05, 0) is 11.3 Å². The van der Waals surface area contributed by atoms with Gasteiger partial charge in [0.2, 0.25) is 0 Å². The maximum Gasteiger partial charge on any atom is 0.408 e. The summed E-state index contributed by atoms with van der Waals surface area (Å²) in [5.74, 6) is 0.393. The number of halogens is 1. The molecule has 0 amide bonds. The Hall–Kier alpha value is -1.54. The number of nitrogens with zero attached hydrogens (tertiary/aromatic N) is 4. The molecule has 0 atom stereocenters. The molecular formula is C10H12ClN5O2S. The van der Waals surface area contributed by atoms with Crippen LogP contribution in [-0.2, 0) is 13.0 Å². The Morgan fingerprint density at radius 1 is 1.63 bits per heavy atom. The van der Waals surface area contributed by atoms with Gasteiger partial charge in [0.05, 0.1) is 17.8 Å². The molecular weight excluding hydrogens is 290 g/mol. The molecule has 7 nitrogen and oxygen atoms in total. The third-order valence-electron chi connectivity index (χ3n) is 2.42. The molecule has 2 aromatic rings. The van der Waals surface area contributed by atoms with Gasteiger partial charge >= 0.3 is 5.82 Å². The Bertz CT molecular complexity index is 582. The Balaban J connectivity index is 1.88. The van der Waals surface area contributed by atoms with E-state index in [0.29, 0.717) is 12.3 Å². The normalized spacial score (nSPS) is 10.8. The molecule has 0 unspecified atom stereocenters. The number of nitro groups is 1. The van der Waals surface area contributed by atoms with Crippen LogP contribution in [0.25, 0.3) is 0 Å². The van der Waals surface area contributed by atoms with E-state index >= 15 is 0 Å². The summed E-state index contributed by atoms with van der Waals surface area (Å²) in [5.41, 5.74) is 1.08. The average molecular weight is 302 g/mol. The van der Waals surface area contributed by atoms with Crippen molar-refractivity contribution in [2.75, 3.05) is 5.75 Å². The van der Waals surface area contributed by atoms with Gasteiger partial charge in [-0.1, -0.05) is 30.3 Å². The van der Waals surface area contributed by atoms with Gasteiger partial charge in [0.25, 0.3) is 0 Å². The van der Waals surface area contributed by atoms with Crippen LogP contribution in [0.15, 0.2) is 17.6 Å². The fraction of sp³-hybridized carbons (Fsp3) is 0.400. The average Bonchev–Trinajstić information content (AvgIpc) is 2.96. The summed E-state index contributed by atoms with van der Waals surface area (Å²) in [6, 6.07) is 0. The number of thioether (sulfide) groups is 1. The number of nitrogens with one attached hydrogen (secondary N) is 1. The first kappa shape index (κ1) is 13.9. The molecule has 0 spiro atoms. The first-order valence-corrected chi connectivity index (χ1v) is 7.00. The Labute approximate surface area is 118 Å². The zero-order valence-corrected chi connectivity index (χ0v) is 11.7. The molecule has 19 heavy (non-hydrogen) atoms. The minimum Gasteiger partial charge on any atom is -0.358 e. The Morgan fingerprint density at radius 2 is 2.42 bits per heavy atom. The van der Waals surface area contributed by atoms with Crippen molar-refractivity contribution >= 4 is 29.2 Å². The fourth-order valence-electron chi connectivity index (χ4n) is 1.45. The number of aromatic nitrogens is 4. The third-order valence-corrected chi connectivity index (χ3v) is 3.55. The summed E-state index contributed by atoms with van der Waals surface area (Å²) in [4.78, 5) is 17.4. The smallest absolute Gasteiger partial charge is 0.358 e. The molecule has 0 saturated heterocycles. The van der Waals surface area contributed by atoms with Gasteiger partial charge in [-0.2, -0.15) is 4.68 Å². The van der Waals surface area contributed by atoms with Gasteiger partial charge in [0, 0.05) is 17.6 Å². The van der Waals surface area contributed by atoms with Gasteiger partial charge in [-0.25, -0.2) is 4.98 Å². The molecule has 0 aromatic carbocycles. The topological polar surface area (TPSA) is 89.6 Å². The van der Waals surface area contributed by atoms with E-state index < -0.39 is 4.92 Å². The fourth-order valence-corrected chi connectivity index (χ4v) is 2.47. The monoisotopic (exact) mass is 301 g/mol. The maximum absolute atomic E-state index is 10.6. The lowest BCUT2D eigenvalue weighted by Gasteiger charge is -1.96. The van der Waals surface area contributed by atoms with Crippen LogP contribution in [0, 0.1) is 10.1 Å². The highest BCUT2D eigenvalue weighted by atomic mass is 35.5. The van der Waals surface area contributed by atoms with Crippen LogP contribution in [0.2, 0.25) is 5.02 Å². The molecule has 0 radical (unpaired) electrons. The highest BCUT2D eigenvalue weighted by molar-refractivity contribution is 7.99. The molecule has 1 N–H and O–H groups in total. The molecule has 2 heterocycles. The molecule has 9 heteroatoms. The van der Waals surface area contributed by atoms with Crippen molar-refractivity contribution < 1.29 is 4.92 Å². The number of hydrogen-bond donors (Lipinski definition) is 1. The number of aromatic amines is 1. The SMILES string of the molecule is CCc1cnc(SCCn2cc(Cl)c([N+](=O)[O-])n2)[nH]1. The highest BCUT2D eigenvalue weighted by Gasteiger charge is 2.18. The maximum atomic E-state index is 10.6. The van der Waals surface area contributed by atoms with E-state index in [9.17, 15) is 10.1 Å². The predicted octanol–water partition coefficient (Wildman–Crippen LogP) is 2.52. The van der Waals surface area contributed by atoms with E-state index in [1.54, 1.807) is 6.20 Å². The number of imidazole rings is 1. The summed E-state index contributed by atoms with van der Waals surface area (Å²) >= 11 is 7.24. The first-order valence-electron chi connectivity index (χ1n) is 5.64. The van der Waals surface area contributed by atoms with E-state index in [0.717, 1.165) is 17.3 Å². The second-order valence-electron chi connectivity index (χ2n) is 3.74. The van der Waals surface area contributed by atoms with Crippen LogP contribution in [-0.4, -0.2) is 30.4 Å². The van der Waals surface area contributed by atoms with Crippen molar-refractivity contribution in [2.24, 2.45) is 0 Å². The lowest BCUT2D eigenvalue weighted by molar-refractivity contribution is -0.389. The van der Waals surface area contributed by atoms with Crippen LogP contribution < -0.4 is 0 Å². The first-order chi connectivity index (χ1) is 9.10. The molecule has 0 aliphatic rings. The van der Waals surface area contributed by atoms with Crippen LogP contribution in [0.3, 0.4) is 0 Å². The molecule has 0 fully saturated rings. The molecule has 2 rings (SSSR count). The number of H-pyrrole nitrogens is 1. The van der Waals surface area contributed by atoms with Gasteiger partial charge in [-0.15, -0.1) is 0 Å². The van der Waals surface area contributed by atoms with E-state index in [1.165, 1.54) is 22.6 Å².